The van der Waals surface area contributed by atoms with Crippen molar-refractivity contribution in [1.82, 2.24) is 9.97 Å². The summed E-state index contributed by atoms with van der Waals surface area (Å²) in [5, 5.41) is 3.17. The molecule has 0 saturated heterocycles. The van der Waals surface area contributed by atoms with Crippen molar-refractivity contribution in [2.75, 3.05) is 24.3 Å². The highest BCUT2D eigenvalue weighted by atomic mass is 15.2. The lowest BCUT2D eigenvalue weighted by molar-refractivity contribution is 0.608. The first-order chi connectivity index (χ1) is 8.65. The minimum Gasteiger partial charge on any atom is -0.373 e. The molecular formula is C14H26N4. The predicted molar refractivity (Wildman–Crippen MR) is 78.3 cm³/mol. The quantitative estimate of drug-likeness (QED) is 0.807. The Morgan fingerprint density at radius 3 is 2.56 bits per heavy atom. The summed E-state index contributed by atoms with van der Waals surface area (Å²) in [6.45, 7) is 6.66. The van der Waals surface area contributed by atoms with E-state index in [0.29, 0.717) is 6.04 Å². The van der Waals surface area contributed by atoms with E-state index in [-0.39, 0.29) is 0 Å². The average Bonchev–Trinajstić information content (AvgIpc) is 2.38. The lowest BCUT2D eigenvalue weighted by Gasteiger charge is -2.28. The number of hydrogen-bond acceptors (Lipinski definition) is 4. The van der Waals surface area contributed by atoms with Crippen LogP contribution in [0.25, 0.3) is 0 Å². The lowest BCUT2D eigenvalue weighted by atomic mass is 10.1. The van der Waals surface area contributed by atoms with Crippen LogP contribution >= 0.6 is 0 Å². The van der Waals surface area contributed by atoms with Crippen LogP contribution in [0, 0.1) is 0 Å². The van der Waals surface area contributed by atoms with E-state index in [1.165, 1.54) is 18.4 Å². The molecule has 0 fully saturated rings. The summed E-state index contributed by atoms with van der Waals surface area (Å²) in [5.41, 5.74) is 1.23. The molecule has 0 saturated carbocycles. The van der Waals surface area contributed by atoms with Crippen LogP contribution in [-0.4, -0.2) is 30.1 Å². The Morgan fingerprint density at radius 1 is 1.28 bits per heavy atom. The smallest absolute Gasteiger partial charge is 0.137 e. The summed E-state index contributed by atoms with van der Waals surface area (Å²) < 4.78 is 0. The van der Waals surface area contributed by atoms with Crippen molar-refractivity contribution in [3.8, 4) is 0 Å². The first-order valence-corrected chi connectivity index (χ1v) is 6.90. The van der Waals surface area contributed by atoms with Crippen LogP contribution in [0.2, 0.25) is 0 Å². The van der Waals surface area contributed by atoms with E-state index < -0.39 is 0 Å². The summed E-state index contributed by atoms with van der Waals surface area (Å²) in [4.78, 5) is 11.1. The second kappa shape index (κ2) is 7.19. The minimum atomic E-state index is 0.505. The molecule has 0 aliphatic carbocycles. The largest absolute Gasteiger partial charge is 0.373 e. The Labute approximate surface area is 111 Å². The van der Waals surface area contributed by atoms with E-state index >= 15 is 0 Å². The molecule has 102 valence electrons. The zero-order chi connectivity index (χ0) is 13.5. The van der Waals surface area contributed by atoms with Gasteiger partial charge in [0.2, 0.25) is 0 Å². The van der Waals surface area contributed by atoms with Crippen molar-refractivity contribution in [3.63, 3.8) is 0 Å². The van der Waals surface area contributed by atoms with Gasteiger partial charge in [-0.25, -0.2) is 9.97 Å². The van der Waals surface area contributed by atoms with Gasteiger partial charge in [-0.2, -0.15) is 0 Å². The fourth-order valence-corrected chi connectivity index (χ4v) is 2.22. The Kier molecular flexibility index (Phi) is 5.89. The zero-order valence-electron chi connectivity index (χ0n) is 12.3. The number of hydrogen-bond donors (Lipinski definition) is 1. The van der Waals surface area contributed by atoms with Gasteiger partial charge in [0, 0.05) is 25.7 Å². The molecule has 1 unspecified atom stereocenters. The van der Waals surface area contributed by atoms with Gasteiger partial charge in [-0.1, -0.05) is 26.7 Å². The summed E-state index contributed by atoms with van der Waals surface area (Å²) in [6.07, 6.45) is 6.13. The van der Waals surface area contributed by atoms with Crippen LogP contribution in [-0.2, 0) is 6.42 Å². The van der Waals surface area contributed by atoms with Gasteiger partial charge in [-0.05, 0) is 19.8 Å². The Morgan fingerprint density at radius 2 is 2.00 bits per heavy atom. The maximum Gasteiger partial charge on any atom is 0.137 e. The maximum atomic E-state index is 4.48. The molecule has 1 heterocycles. The fraction of sp³-hybridized carbons (Fsp3) is 0.714. The van der Waals surface area contributed by atoms with E-state index in [1.54, 1.807) is 6.33 Å². The Hall–Kier alpha value is -1.32. The van der Waals surface area contributed by atoms with Crippen LogP contribution in [0.1, 0.15) is 45.6 Å². The molecule has 0 radical (unpaired) electrons. The van der Waals surface area contributed by atoms with Gasteiger partial charge in [-0.3, -0.25) is 0 Å². The summed E-state index contributed by atoms with van der Waals surface area (Å²) >= 11 is 0. The maximum absolute atomic E-state index is 4.48. The Balaban J connectivity index is 3.06. The third kappa shape index (κ3) is 3.34. The molecule has 0 aromatic carbocycles. The van der Waals surface area contributed by atoms with Gasteiger partial charge in [-0.15, -0.1) is 0 Å². The average molecular weight is 250 g/mol. The van der Waals surface area contributed by atoms with Gasteiger partial charge in [0.1, 0.15) is 18.0 Å². The van der Waals surface area contributed by atoms with Crippen molar-refractivity contribution in [2.24, 2.45) is 0 Å². The van der Waals surface area contributed by atoms with Crippen LogP contribution < -0.4 is 10.2 Å². The number of nitrogens with zero attached hydrogens (tertiary/aromatic N) is 3. The third-order valence-electron chi connectivity index (χ3n) is 3.36. The van der Waals surface area contributed by atoms with Gasteiger partial charge in [0.05, 0.1) is 0 Å². The topological polar surface area (TPSA) is 41.1 Å². The zero-order valence-corrected chi connectivity index (χ0v) is 12.3. The molecule has 1 aromatic heterocycles. The van der Waals surface area contributed by atoms with Crippen LogP contribution in [0.15, 0.2) is 6.33 Å². The lowest BCUT2D eigenvalue weighted by Crippen LogP contribution is -2.30. The van der Waals surface area contributed by atoms with Crippen molar-refractivity contribution in [3.05, 3.63) is 11.9 Å². The highest BCUT2D eigenvalue weighted by molar-refractivity contribution is 5.58. The summed E-state index contributed by atoms with van der Waals surface area (Å²) in [7, 11) is 4.04. The Bertz CT molecular complexity index is 365. The molecule has 0 aliphatic rings. The van der Waals surface area contributed by atoms with Gasteiger partial charge >= 0.3 is 0 Å². The van der Waals surface area contributed by atoms with E-state index in [4.69, 9.17) is 0 Å². The first-order valence-electron chi connectivity index (χ1n) is 6.90. The van der Waals surface area contributed by atoms with Crippen molar-refractivity contribution in [2.45, 2.75) is 52.5 Å². The van der Waals surface area contributed by atoms with Gasteiger partial charge in [0.25, 0.3) is 0 Å². The number of anilines is 2. The molecule has 0 spiro atoms. The molecule has 1 rings (SSSR count). The number of aromatic nitrogens is 2. The standard InChI is InChI=1S/C14H26N4/c1-6-8-11(3)18(5)14-12(9-7-2)13(15-4)16-10-17-14/h10-11H,6-9H2,1-5H3,(H,15,16,17). The molecule has 0 bridgehead atoms. The monoisotopic (exact) mass is 250 g/mol. The predicted octanol–water partition coefficient (Wildman–Crippen LogP) is 3.10. The fourth-order valence-electron chi connectivity index (χ4n) is 2.22. The molecule has 4 heteroatoms. The molecule has 0 aliphatic heterocycles. The molecule has 0 amide bonds. The van der Waals surface area contributed by atoms with Crippen molar-refractivity contribution < 1.29 is 0 Å². The molecule has 4 nitrogen and oxygen atoms in total. The van der Waals surface area contributed by atoms with Crippen LogP contribution in [0.4, 0.5) is 11.6 Å². The van der Waals surface area contributed by atoms with E-state index in [1.807, 2.05) is 7.05 Å². The summed E-state index contributed by atoms with van der Waals surface area (Å²) in [6, 6.07) is 0.505. The number of nitrogens with one attached hydrogen (secondary N) is 1. The molecule has 18 heavy (non-hydrogen) atoms. The molecule has 1 aromatic rings. The summed E-state index contributed by atoms with van der Waals surface area (Å²) in [5.74, 6) is 2.02. The SMILES string of the molecule is CCCc1c(NC)ncnc1N(C)C(C)CCC. The van der Waals surface area contributed by atoms with Crippen LogP contribution in [0.3, 0.4) is 0 Å². The highest BCUT2D eigenvalue weighted by Gasteiger charge is 2.17. The second-order valence-corrected chi connectivity index (χ2v) is 4.77. The molecule has 1 atom stereocenters. The first kappa shape index (κ1) is 14.7. The van der Waals surface area contributed by atoms with Crippen molar-refractivity contribution >= 4 is 11.6 Å². The highest BCUT2D eigenvalue weighted by Crippen LogP contribution is 2.25. The van der Waals surface area contributed by atoms with Crippen molar-refractivity contribution in [1.29, 1.82) is 0 Å². The second-order valence-electron chi connectivity index (χ2n) is 4.77. The third-order valence-corrected chi connectivity index (χ3v) is 3.36. The molecular weight excluding hydrogens is 224 g/mol. The van der Waals surface area contributed by atoms with Gasteiger partial charge in [0.15, 0.2) is 0 Å². The van der Waals surface area contributed by atoms with E-state index in [2.05, 4.69) is 48.0 Å². The van der Waals surface area contributed by atoms with Crippen LogP contribution in [0.5, 0.6) is 0 Å². The minimum absolute atomic E-state index is 0.505. The van der Waals surface area contributed by atoms with E-state index in [0.717, 1.165) is 24.5 Å². The normalized spacial score (nSPS) is 12.3. The van der Waals surface area contributed by atoms with Gasteiger partial charge < -0.3 is 10.2 Å². The number of rotatable bonds is 7. The van der Waals surface area contributed by atoms with E-state index in [9.17, 15) is 0 Å². The molecule has 1 N–H and O–H groups in total.